The van der Waals surface area contributed by atoms with Crippen molar-refractivity contribution in [2.75, 3.05) is 13.1 Å². The molecule has 0 bridgehead atoms. The first-order valence-corrected chi connectivity index (χ1v) is 10.4. The van der Waals surface area contributed by atoms with Gasteiger partial charge in [0.05, 0.1) is 11.2 Å². The Morgan fingerprint density at radius 1 is 1.28 bits per heavy atom. The van der Waals surface area contributed by atoms with Crippen molar-refractivity contribution < 1.29 is 14.0 Å². The summed E-state index contributed by atoms with van der Waals surface area (Å²) in [6, 6.07) is 11.6. The molecular formula is C21H19N3O3S2. The van der Waals surface area contributed by atoms with Gasteiger partial charge < -0.3 is 14.7 Å². The normalized spacial score (nSPS) is 15.6. The molecule has 3 heterocycles. The van der Waals surface area contributed by atoms with Crippen molar-refractivity contribution in [2.24, 2.45) is 0 Å². The average molecular weight is 426 g/mol. The lowest BCUT2D eigenvalue weighted by Crippen LogP contribution is -2.34. The van der Waals surface area contributed by atoms with Gasteiger partial charge in [0.2, 0.25) is 5.91 Å². The summed E-state index contributed by atoms with van der Waals surface area (Å²) in [5.41, 5.74) is 2.26. The molecular weight excluding hydrogens is 406 g/mol. The number of nitrogens with zero attached hydrogens (tertiary/aromatic N) is 1. The summed E-state index contributed by atoms with van der Waals surface area (Å²) < 4.78 is 5.70. The van der Waals surface area contributed by atoms with Crippen molar-refractivity contribution in [1.29, 1.82) is 0 Å². The number of para-hydroxylation sites is 1. The van der Waals surface area contributed by atoms with Gasteiger partial charge in [-0.2, -0.15) is 0 Å². The number of aromatic nitrogens is 1. The van der Waals surface area contributed by atoms with Gasteiger partial charge >= 0.3 is 0 Å². The number of rotatable bonds is 7. The summed E-state index contributed by atoms with van der Waals surface area (Å²) in [5, 5.41) is 4.09. The predicted molar refractivity (Wildman–Crippen MR) is 118 cm³/mol. The van der Waals surface area contributed by atoms with Crippen molar-refractivity contribution in [3.63, 3.8) is 0 Å². The second kappa shape index (κ2) is 8.67. The van der Waals surface area contributed by atoms with Crippen molar-refractivity contribution >= 4 is 57.1 Å². The molecule has 1 saturated heterocycles. The zero-order valence-electron chi connectivity index (χ0n) is 15.5. The van der Waals surface area contributed by atoms with E-state index in [2.05, 4.69) is 16.4 Å². The van der Waals surface area contributed by atoms with E-state index in [1.165, 1.54) is 27.6 Å². The molecule has 0 aliphatic carbocycles. The number of nitrogens with one attached hydrogen (secondary N) is 2. The minimum absolute atomic E-state index is 0.103. The molecule has 0 radical (unpaired) electrons. The molecule has 3 aromatic rings. The van der Waals surface area contributed by atoms with Crippen molar-refractivity contribution in [1.82, 2.24) is 15.2 Å². The van der Waals surface area contributed by atoms with Crippen LogP contribution in [0.1, 0.15) is 17.7 Å². The fraction of sp³-hybridized carbons (Fsp3) is 0.190. The maximum atomic E-state index is 12.5. The first-order valence-electron chi connectivity index (χ1n) is 9.22. The van der Waals surface area contributed by atoms with Crippen molar-refractivity contribution in [2.45, 2.75) is 12.8 Å². The van der Waals surface area contributed by atoms with E-state index in [1.54, 1.807) is 24.5 Å². The highest BCUT2D eigenvalue weighted by Gasteiger charge is 2.32. The van der Waals surface area contributed by atoms with E-state index in [-0.39, 0.29) is 24.8 Å². The summed E-state index contributed by atoms with van der Waals surface area (Å²) in [5.74, 6) is 0.303. The van der Waals surface area contributed by atoms with Crippen LogP contribution in [0.15, 0.2) is 58.2 Å². The molecule has 29 heavy (non-hydrogen) atoms. The average Bonchev–Trinajstić information content (AvgIpc) is 3.43. The predicted octanol–water partition coefficient (Wildman–Crippen LogP) is 3.71. The third kappa shape index (κ3) is 4.44. The third-order valence-corrected chi connectivity index (χ3v) is 6.02. The Morgan fingerprint density at radius 3 is 2.97 bits per heavy atom. The van der Waals surface area contributed by atoms with E-state index >= 15 is 0 Å². The number of hydrogen-bond donors (Lipinski definition) is 2. The molecule has 1 aliphatic rings. The lowest BCUT2D eigenvalue weighted by atomic mass is 10.1. The molecule has 2 amide bonds. The van der Waals surface area contributed by atoms with Gasteiger partial charge in [0.25, 0.3) is 5.91 Å². The minimum Gasteiger partial charge on any atom is -0.465 e. The molecule has 1 aromatic carbocycles. The van der Waals surface area contributed by atoms with E-state index in [4.69, 9.17) is 16.6 Å². The maximum absolute atomic E-state index is 12.5. The molecule has 0 spiro atoms. The van der Waals surface area contributed by atoms with Crippen LogP contribution in [0.5, 0.6) is 0 Å². The molecule has 6 nitrogen and oxygen atoms in total. The van der Waals surface area contributed by atoms with Crippen LogP contribution in [0.25, 0.3) is 17.0 Å². The van der Waals surface area contributed by atoms with E-state index in [9.17, 15) is 9.59 Å². The number of aromatic amines is 1. The second-order valence-corrected chi connectivity index (χ2v) is 8.23. The lowest BCUT2D eigenvalue weighted by Gasteiger charge is -2.14. The third-order valence-electron chi connectivity index (χ3n) is 4.64. The summed E-state index contributed by atoms with van der Waals surface area (Å²) in [7, 11) is 0. The summed E-state index contributed by atoms with van der Waals surface area (Å²) in [4.78, 5) is 29.9. The van der Waals surface area contributed by atoms with Crippen LogP contribution in [-0.4, -0.2) is 39.1 Å². The highest BCUT2D eigenvalue weighted by molar-refractivity contribution is 8.26. The van der Waals surface area contributed by atoms with Crippen LogP contribution in [0.4, 0.5) is 0 Å². The fourth-order valence-corrected chi connectivity index (χ4v) is 4.46. The Bertz CT molecular complexity index is 1090. The largest absolute Gasteiger partial charge is 0.465 e. The highest BCUT2D eigenvalue weighted by Crippen LogP contribution is 2.32. The van der Waals surface area contributed by atoms with Crippen molar-refractivity contribution in [3.05, 3.63) is 65.1 Å². The van der Waals surface area contributed by atoms with E-state index in [1.807, 2.05) is 24.4 Å². The van der Waals surface area contributed by atoms with Gasteiger partial charge in [-0.25, -0.2) is 0 Å². The fourth-order valence-electron chi connectivity index (χ4n) is 3.17. The topological polar surface area (TPSA) is 78.3 Å². The van der Waals surface area contributed by atoms with E-state index in [0.29, 0.717) is 21.5 Å². The van der Waals surface area contributed by atoms with Gasteiger partial charge in [0, 0.05) is 42.7 Å². The number of furan rings is 1. The molecule has 0 saturated carbocycles. The first kappa shape index (κ1) is 19.5. The number of amides is 2. The molecule has 8 heteroatoms. The monoisotopic (exact) mass is 425 g/mol. The molecule has 2 aromatic heterocycles. The SMILES string of the molecule is O=C(CCN1C(=O)/C(=C/c2ccco2)SC1=S)NCCc1c[nH]c2ccccc12. The Labute approximate surface area is 177 Å². The van der Waals surface area contributed by atoms with Gasteiger partial charge in [-0.3, -0.25) is 14.5 Å². The molecule has 4 rings (SSSR count). The van der Waals surface area contributed by atoms with Gasteiger partial charge in [0.1, 0.15) is 10.1 Å². The smallest absolute Gasteiger partial charge is 0.266 e. The summed E-state index contributed by atoms with van der Waals surface area (Å²) in [6.07, 6.45) is 6.13. The van der Waals surface area contributed by atoms with E-state index < -0.39 is 0 Å². The Balaban J connectivity index is 1.26. The Hall–Kier alpha value is -2.84. The molecule has 2 N–H and O–H groups in total. The van der Waals surface area contributed by atoms with Gasteiger partial charge in [-0.15, -0.1) is 0 Å². The number of fused-ring (bicyclic) bond motifs is 1. The van der Waals surface area contributed by atoms with E-state index in [0.717, 1.165) is 11.9 Å². The number of hydrogen-bond acceptors (Lipinski definition) is 5. The molecule has 148 valence electrons. The molecule has 1 fully saturated rings. The number of carbonyl (C=O) groups is 2. The number of thioether (sulfide) groups is 1. The van der Waals surface area contributed by atoms with Crippen LogP contribution >= 0.6 is 24.0 Å². The van der Waals surface area contributed by atoms with Crippen LogP contribution in [0.2, 0.25) is 0 Å². The number of carbonyl (C=O) groups excluding carboxylic acids is 2. The van der Waals surface area contributed by atoms with Gasteiger partial charge in [-0.1, -0.05) is 42.2 Å². The lowest BCUT2D eigenvalue weighted by molar-refractivity contribution is -0.123. The van der Waals surface area contributed by atoms with Crippen LogP contribution < -0.4 is 5.32 Å². The standard InChI is InChI=1S/C21H19N3O3S2/c25-19(22-9-7-14-13-23-17-6-2-1-5-16(14)17)8-10-24-20(26)18(29-21(24)28)12-15-4-3-11-27-15/h1-6,11-13,23H,7-10H2,(H,22,25)/b18-12-. The van der Waals surface area contributed by atoms with Crippen LogP contribution in [0, 0.1) is 0 Å². The minimum atomic E-state index is -0.192. The first-order chi connectivity index (χ1) is 14.1. The number of H-pyrrole nitrogens is 1. The zero-order valence-corrected chi connectivity index (χ0v) is 17.1. The zero-order chi connectivity index (χ0) is 20.2. The molecule has 0 atom stereocenters. The van der Waals surface area contributed by atoms with Gasteiger partial charge in [-0.05, 0) is 30.2 Å². The molecule has 1 aliphatic heterocycles. The quantitative estimate of drug-likeness (QED) is 0.446. The van der Waals surface area contributed by atoms with Crippen LogP contribution in [0.3, 0.4) is 0 Å². The Kier molecular flexibility index (Phi) is 5.82. The Morgan fingerprint density at radius 2 is 2.14 bits per heavy atom. The second-order valence-electron chi connectivity index (χ2n) is 6.56. The van der Waals surface area contributed by atoms with Crippen LogP contribution in [-0.2, 0) is 16.0 Å². The molecule has 0 unspecified atom stereocenters. The highest BCUT2D eigenvalue weighted by atomic mass is 32.2. The van der Waals surface area contributed by atoms with Gasteiger partial charge in [0.15, 0.2) is 0 Å². The van der Waals surface area contributed by atoms with Crippen molar-refractivity contribution in [3.8, 4) is 0 Å². The number of benzene rings is 1. The summed E-state index contributed by atoms with van der Waals surface area (Å²) >= 11 is 6.51. The summed E-state index contributed by atoms with van der Waals surface area (Å²) in [6.45, 7) is 0.802. The number of thiocarbonyl (C=S) groups is 1. The maximum Gasteiger partial charge on any atom is 0.266 e.